The number of benzene rings is 1. The molecule has 0 radical (unpaired) electrons. The fourth-order valence-electron chi connectivity index (χ4n) is 2.05. The molecule has 0 spiro atoms. The summed E-state index contributed by atoms with van der Waals surface area (Å²) < 4.78 is 12.9. The highest BCUT2D eigenvalue weighted by atomic mass is 35.5. The van der Waals surface area contributed by atoms with E-state index < -0.39 is 0 Å². The molecule has 1 aromatic carbocycles. The van der Waals surface area contributed by atoms with Crippen molar-refractivity contribution in [3.63, 3.8) is 0 Å². The van der Waals surface area contributed by atoms with Crippen molar-refractivity contribution >= 4 is 18.3 Å². The maximum atomic E-state index is 12.9. The van der Waals surface area contributed by atoms with Crippen LogP contribution >= 0.6 is 12.4 Å². The lowest BCUT2D eigenvalue weighted by Crippen LogP contribution is -2.42. The van der Waals surface area contributed by atoms with Crippen LogP contribution < -0.4 is 5.73 Å². The van der Waals surface area contributed by atoms with Crippen LogP contribution in [0.1, 0.15) is 32.3 Å². The molecule has 112 valence electrons. The van der Waals surface area contributed by atoms with Crippen molar-refractivity contribution in [2.24, 2.45) is 11.7 Å². The van der Waals surface area contributed by atoms with Crippen LogP contribution in [0.5, 0.6) is 0 Å². The minimum atomic E-state index is -0.253. The minimum Gasteiger partial charge on any atom is -0.335 e. The normalized spacial score (nSPS) is 17.0. The molecule has 1 aromatic rings. The molecule has 1 fully saturated rings. The van der Waals surface area contributed by atoms with Gasteiger partial charge in [0.25, 0.3) is 0 Å². The van der Waals surface area contributed by atoms with Gasteiger partial charge in [-0.3, -0.25) is 4.79 Å². The molecule has 5 heteroatoms. The molecule has 20 heavy (non-hydrogen) atoms. The van der Waals surface area contributed by atoms with Gasteiger partial charge in [0.05, 0.1) is 5.92 Å². The Morgan fingerprint density at radius 3 is 2.35 bits per heavy atom. The molecule has 1 amide bonds. The maximum Gasteiger partial charge on any atom is 0.227 e. The molecule has 2 rings (SSSR count). The van der Waals surface area contributed by atoms with E-state index in [0.29, 0.717) is 12.6 Å². The van der Waals surface area contributed by atoms with Crippen LogP contribution in [0.2, 0.25) is 0 Å². The van der Waals surface area contributed by atoms with E-state index in [2.05, 4.69) is 0 Å². The van der Waals surface area contributed by atoms with E-state index in [0.717, 1.165) is 18.4 Å². The molecule has 1 aliphatic rings. The zero-order valence-corrected chi connectivity index (χ0v) is 12.7. The average Bonchev–Trinajstić information content (AvgIpc) is 3.20. The SMILES string of the molecule is CC(N)C(C)C(=O)N(Cc1ccc(F)cc1)C1CC1.Cl. The van der Waals surface area contributed by atoms with E-state index in [1.54, 1.807) is 12.1 Å². The van der Waals surface area contributed by atoms with Gasteiger partial charge in [-0.15, -0.1) is 12.4 Å². The van der Waals surface area contributed by atoms with E-state index in [4.69, 9.17) is 5.73 Å². The van der Waals surface area contributed by atoms with Crippen LogP contribution in [0.3, 0.4) is 0 Å². The van der Waals surface area contributed by atoms with Gasteiger partial charge in [0.15, 0.2) is 0 Å². The molecule has 0 bridgehead atoms. The van der Waals surface area contributed by atoms with Crippen molar-refractivity contribution in [3.05, 3.63) is 35.6 Å². The summed E-state index contributed by atoms with van der Waals surface area (Å²) in [6.07, 6.45) is 2.11. The number of halogens is 2. The summed E-state index contributed by atoms with van der Waals surface area (Å²) in [4.78, 5) is 14.3. The van der Waals surface area contributed by atoms with Gasteiger partial charge in [-0.05, 0) is 37.5 Å². The fourth-order valence-corrected chi connectivity index (χ4v) is 2.05. The highest BCUT2D eigenvalue weighted by molar-refractivity contribution is 5.85. The van der Waals surface area contributed by atoms with E-state index in [1.807, 2.05) is 18.7 Å². The number of hydrogen-bond acceptors (Lipinski definition) is 2. The third kappa shape index (κ3) is 4.18. The second-order valence-corrected chi connectivity index (χ2v) is 5.47. The van der Waals surface area contributed by atoms with Gasteiger partial charge in [0.2, 0.25) is 5.91 Å². The van der Waals surface area contributed by atoms with Gasteiger partial charge >= 0.3 is 0 Å². The van der Waals surface area contributed by atoms with Gasteiger partial charge in [-0.2, -0.15) is 0 Å². The van der Waals surface area contributed by atoms with Crippen LogP contribution in [0.25, 0.3) is 0 Å². The lowest BCUT2D eigenvalue weighted by Gasteiger charge is -2.27. The van der Waals surface area contributed by atoms with Gasteiger partial charge in [-0.1, -0.05) is 19.1 Å². The summed E-state index contributed by atoms with van der Waals surface area (Å²) in [5, 5.41) is 0. The van der Waals surface area contributed by atoms with Crippen LogP contribution in [0.4, 0.5) is 4.39 Å². The third-order valence-corrected chi connectivity index (χ3v) is 3.72. The number of carbonyl (C=O) groups is 1. The average molecular weight is 301 g/mol. The largest absolute Gasteiger partial charge is 0.335 e. The second kappa shape index (κ2) is 7.04. The van der Waals surface area contributed by atoms with E-state index in [-0.39, 0.29) is 36.1 Å². The maximum absolute atomic E-state index is 12.9. The lowest BCUT2D eigenvalue weighted by molar-refractivity contribution is -0.136. The summed E-state index contributed by atoms with van der Waals surface area (Å²) >= 11 is 0. The molecule has 1 aliphatic carbocycles. The van der Waals surface area contributed by atoms with Crippen molar-refractivity contribution in [2.75, 3.05) is 0 Å². The number of hydrogen-bond donors (Lipinski definition) is 1. The van der Waals surface area contributed by atoms with Crippen molar-refractivity contribution in [2.45, 2.75) is 45.3 Å². The second-order valence-electron chi connectivity index (χ2n) is 5.47. The monoisotopic (exact) mass is 300 g/mol. The third-order valence-electron chi connectivity index (χ3n) is 3.72. The van der Waals surface area contributed by atoms with E-state index in [9.17, 15) is 9.18 Å². The number of nitrogens with two attached hydrogens (primary N) is 1. The van der Waals surface area contributed by atoms with E-state index in [1.165, 1.54) is 12.1 Å². The van der Waals surface area contributed by atoms with Crippen LogP contribution in [-0.2, 0) is 11.3 Å². The van der Waals surface area contributed by atoms with Crippen molar-refractivity contribution < 1.29 is 9.18 Å². The number of carbonyl (C=O) groups excluding carboxylic acids is 1. The molecular formula is C15H22ClFN2O. The molecule has 2 atom stereocenters. The van der Waals surface area contributed by atoms with Crippen molar-refractivity contribution in [3.8, 4) is 0 Å². The molecule has 2 N–H and O–H groups in total. The first-order chi connectivity index (χ1) is 8.99. The summed E-state index contributed by atoms with van der Waals surface area (Å²) in [6.45, 7) is 4.26. The minimum absolute atomic E-state index is 0. The van der Waals surface area contributed by atoms with Gasteiger partial charge in [0, 0.05) is 18.6 Å². The molecule has 1 saturated carbocycles. The first-order valence-electron chi connectivity index (χ1n) is 6.79. The Morgan fingerprint density at radius 1 is 1.35 bits per heavy atom. The van der Waals surface area contributed by atoms with Crippen LogP contribution in [-0.4, -0.2) is 22.9 Å². The van der Waals surface area contributed by atoms with Crippen molar-refractivity contribution in [1.82, 2.24) is 4.90 Å². The number of rotatable bonds is 5. The topological polar surface area (TPSA) is 46.3 Å². The Morgan fingerprint density at radius 2 is 1.90 bits per heavy atom. The summed E-state index contributed by atoms with van der Waals surface area (Å²) in [5.41, 5.74) is 6.77. The summed E-state index contributed by atoms with van der Waals surface area (Å²) in [7, 11) is 0. The molecular weight excluding hydrogens is 279 g/mol. The molecule has 0 aromatic heterocycles. The first-order valence-corrected chi connectivity index (χ1v) is 6.79. The van der Waals surface area contributed by atoms with Crippen LogP contribution in [0, 0.1) is 11.7 Å². The highest BCUT2D eigenvalue weighted by Gasteiger charge is 2.35. The smallest absolute Gasteiger partial charge is 0.227 e. The molecule has 0 aliphatic heterocycles. The summed E-state index contributed by atoms with van der Waals surface area (Å²) in [5.74, 6) is -0.333. The Labute approximate surface area is 125 Å². The molecule has 0 heterocycles. The quantitative estimate of drug-likeness (QED) is 0.909. The molecule has 3 nitrogen and oxygen atoms in total. The Bertz CT molecular complexity index is 446. The number of nitrogens with zero attached hydrogens (tertiary/aromatic N) is 1. The standard InChI is InChI=1S/C15H21FN2O.ClH/c1-10(11(2)17)15(19)18(14-7-8-14)9-12-3-5-13(16)6-4-12;/h3-6,10-11,14H,7-9,17H2,1-2H3;1H. The van der Waals surface area contributed by atoms with Crippen LogP contribution in [0.15, 0.2) is 24.3 Å². The predicted octanol–water partition coefficient (Wildman–Crippen LogP) is 2.72. The Kier molecular flexibility index (Phi) is 5.96. The summed E-state index contributed by atoms with van der Waals surface area (Å²) in [6, 6.07) is 6.50. The zero-order valence-electron chi connectivity index (χ0n) is 11.9. The Balaban J connectivity index is 0.00000200. The predicted molar refractivity (Wildman–Crippen MR) is 80.0 cm³/mol. The molecule has 0 saturated heterocycles. The van der Waals surface area contributed by atoms with Gasteiger partial charge in [0.1, 0.15) is 5.82 Å². The van der Waals surface area contributed by atoms with Gasteiger partial charge in [-0.25, -0.2) is 4.39 Å². The zero-order chi connectivity index (χ0) is 14.0. The van der Waals surface area contributed by atoms with Crippen molar-refractivity contribution in [1.29, 1.82) is 0 Å². The highest BCUT2D eigenvalue weighted by Crippen LogP contribution is 2.30. The lowest BCUT2D eigenvalue weighted by atomic mass is 10.0. The Hall–Kier alpha value is -1.13. The molecule has 2 unspecified atom stereocenters. The van der Waals surface area contributed by atoms with Gasteiger partial charge < -0.3 is 10.6 Å². The van der Waals surface area contributed by atoms with E-state index >= 15 is 0 Å². The first kappa shape index (κ1) is 16.9. The number of amides is 1. The fraction of sp³-hybridized carbons (Fsp3) is 0.533.